The van der Waals surface area contributed by atoms with Gasteiger partial charge in [0.2, 0.25) is 0 Å². The van der Waals surface area contributed by atoms with Crippen molar-refractivity contribution in [2.75, 3.05) is 39.4 Å². The van der Waals surface area contributed by atoms with Crippen LogP contribution < -0.4 is 9.47 Å². The smallest absolute Gasteiger partial charge is 0.338 e. The fraction of sp³-hybridized carbons (Fsp3) is 0.360. The van der Waals surface area contributed by atoms with Crippen LogP contribution in [0.25, 0.3) is 0 Å². The molecule has 2 aliphatic heterocycles. The van der Waals surface area contributed by atoms with Gasteiger partial charge in [0.15, 0.2) is 27.9 Å². The summed E-state index contributed by atoms with van der Waals surface area (Å²) >= 11 is 0. The van der Waals surface area contributed by atoms with Crippen LogP contribution >= 0.6 is 0 Å². The molecule has 0 aromatic heterocycles. The predicted molar refractivity (Wildman–Crippen MR) is 130 cm³/mol. The Labute approximate surface area is 213 Å². The van der Waals surface area contributed by atoms with Gasteiger partial charge in [-0.2, -0.15) is 0 Å². The van der Waals surface area contributed by atoms with E-state index in [-0.39, 0.29) is 46.2 Å². The van der Waals surface area contributed by atoms with Crippen molar-refractivity contribution in [1.82, 2.24) is 9.80 Å². The number of carbonyl (C=O) groups excluding carboxylic acids is 4. The highest BCUT2D eigenvalue weighted by Crippen LogP contribution is 2.35. The van der Waals surface area contributed by atoms with Crippen molar-refractivity contribution in [3.8, 4) is 11.5 Å². The largest absolute Gasteiger partial charge is 0.493 e. The van der Waals surface area contributed by atoms with E-state index in [1.165, 1.54) is 38.3 Å². The fourth-order valence-corrected chi connectivity index (χ4v) is 6.20. The molecule has 1 atom stereocenters. The van der Waals surface area contributed by atoms with Crippen LogP contribution in [0.15, 0.2) is 36.4 Å². The normalized spacial score (nSPS) is 17.9. The number of amides is 3. The van der Waals surface area contributed by atoms with Gasteiger partial charge in [0.1, 0.15) is 0 Å². The summed E-state index contributed by atoms with van der Waals surface area (Å²) in [6.45, 7) is -0.779. The molecule has 0 saturated carbocycles. The highest BCUT2D eigenvalue weighted by atomic mass is 32.2. The van der Waals surface area contributed by atoms with Crippen molar-refractivity contribution < 1.29 is 41.8 Å². The molecule has 0 radical (unpaired) electrons. The number of carbonyl (C=O) groups is 4. The van der Waals surface area contributed by atoms with E-state index in [1.807, 2.05) is 0 Å². The van der Waals surface area contributed by atoms with Crippen LogP contribution in [0.2, 0.25) is 0 Å². The van der Waals surface area contributed by atoms with Crippen molar-refractivity contribution >= 4 is 33.5 Å². The molecular formula is C25H26N2O9S. The predicted octanol–water partition coefficient (Wildman–Crippen LogP) is 1.30. The number of esters is 1. The Kier molecular flexibility index (Phi) is 7.21. The molecule has 12 heteroatoms. The zero-order chi connectivity index (χ0) is 26.9. The maximum absolute atomic E-state index is 12.8. The minimum Gasteiger partial charge on any atom is -0.493 e. The first-order valence-electron chi connectivity index (χ1n) is 11.4. The molecule has 3 amide bonds. The van der Waals surface area contributed by atoms with Crippen LogP contribution in [0, 0.1) is 0 Å². The van der Waals surface area contributed by atoms with Gasteiger partial charge in [-0.3, -0.25) is 19.3 Å². The molecule has 2 aromatic carbocycles. The lowest BCUT2D eigenvalue weighted by Gasteiger charge is -2.23. The zero-order valence-corrected chi connectivity index (χ0v) is 21.4. The lowest BCUT2D eigenvalue weighted by molar-refractivity contribution is -0.134. The second-order valence-electron chi connectivity index (χ2n) is 8.75. The maximum Gasteiger partial charge on any atom is 0.338 e. The van der Waals surface area contributed by atoms with E-state index < -0.39 is 46.2 Å². The molecule has 4 rings (SSSR count). The number of hydrogen-bond donors (Lipinski definition) is 0. The van der Waals surface area contributed by atoms with Gasteiger partial charge < -0.3 is 19.1 Å². The third-order valence-corrected chi connectivity index (χ3v) is 8.22. The van der Waals surface area contributed by atoms with Crippen molar-refractivity contribution in [1.29, 1.82) is 0 Å². The number of nitrogens with zero attached hydrogens (tertiary/aromatic N) is 2. The summed E-state index contributed by atoms with van der Waals surface area (Å²) in [5.74, 6) is -2.05. The van der Waals surface area contributed by atoms with Gasteiger partial charge in [0.05, 0.1) is 49.0 Å². The average Bonchev–Trinajstić information content (AvgIpc) is 3.37. The Balaban J connectivity index is 1.51. The van der Waals surface area contributed by atoms with Crippen LogP contribution in [-0.4, -0.2) is 87.3 Å². The standard InChI is InChI=1S/C25H26N2O9S/c1-26(17-8-9-37(32,33)14-17)21(28)13-36-25(31)15-10-16(22(35-3)20(11-15)34-2)12-27-23(29)18-6-4-5-7-19(18)24(27)30/h4-7,10-11,17H,8-9,12-14H2,1-3H3/t17-/m0/s1. The lowest BCUT2D eigenvalue weighted by atomic mass is 10.1. The van der Waals surface area contributed by atoms with Crippen molar-refractivity contribution in [3.05, 3.63) is 58.7 Å². The fourth-order valence-electron chi connectivity index (χ4n) is 4.43. The van der Waals surface area contributed by atoms with Crippen LogP contribution in [0.1, 0.15) is 43.1 Å². The number of fused-ring (bicyclic) bond motifs is 1. The maximum atomic E-state index is 12.8. The molecule has 0 unspecified atom stereocenters. The van der Waals surface area contributed by atoms with E-state index in [0.29, 0.717) is 12.0 Å². The molecule has 0 bridgehead atoms. The molecular weight excluding hydrogens is 504 g/mol. The summed E-state index contributed by atoms with van der Waals surface area (Å²) in [5.41, 5.74) is 0.907. The number of imide groups is 1. The SMILES string of the molecule is COc1cc(C(=O)OCC(=O)N(C)[C@H]2CCS(=O)(=O)C2)cc(CN2C(=O)c3ccccc3C2=O)c1OC. The molecule has 0 aliphatic carbocycles. The molecule has 11 nitrogen and oxygen atoms in total. The lowest BCUT2D eigenvalue weighted by Crippen LogP contribution is -2.40. The molecule has 1 saturated heterocycles. The Bertz CT molecular complexity index is 1350. The number of benzene rings is 2. The van der Waals surface area contributed by atoms with Crippen LogP contribution in [0.4, 0.5) is 0 Å². The highest BCUT2D eigenvalue weighted by molar-refractivity contribution is 7.91. The first-order chi connectivity index (χ1) is 17.6. The van der Waals surface area contributed by atoms with Crippen LogP contribution in [-0.2, 0) is 25.9 Å². The topological polar surface area (TPSA) is 137 Å². The molecule has 2 aromatic rings. The number of methoxy groups -OCH3 is 2. The summed E-state index contributed by atoms with van der Waals surface area (Å²) in [6, 6.07) is 8.77. The van der Waals surface area contributed by atoms with Crippen molar-refractivity contribution in [2.24, 2.45) is 0 Å². The van der Waals surface area contributed by atoms with Crippen molar-refractivity contribution in [2.45, 2.75) is 19.0 Å². The van der Waals surface area contributed by atoms with E-state index in [0.717, 1.165) is 4.90 Å². The molecule has 0 spiro atoms. The number of rotatable bonds is 8. The molecule has 37 heavy (non-hydrogen) atoms. The zero-order valence-electron chi connectivity index (χ0n) is 20.6. The first-order valence-corrected chi connectivity index (χ1v) is 13.2. The summed E-state index contributed by atoms with van der Waals surface area (Å²) in [7, 11) is 1.04. The van der Waals surface area contributed by atoms with Gasteiger partial charge in [0, 0.05) is 18.7 Å². The van der Waals surface area contributed by atoms with E-state index in [1.54, 1.807) is 24.3 Å². The summed E-state index contributed by atoms with van der Waals surface area (Å²) in [6.07, 6.45) is 0.329. The van der Waals surface area contributed by atoms with Crippen LogP contribution in [0.3, 0.4) is 0 Å². The highest BCUT2D eigenvalue weighted by Gasteiger charge is 2.36. The van der Waals surface area contributed by atoms with Gasteiger partial charge in [0.25, 0.3) is 17.7 Å². The Morgan fingerprint density at radius 1 is 1.05 bits per heavy atom. The second kappa shape index (κ2) is 10.2. The van der Waals surface area contributed by atoms with E-state index >= 15 is 0 Å². The quantitative estimate of drug-likeness (QED) is 0.365. The minimum absolute atomic E-state index is 0.0105. The van der Waals surface area contributed by atoms with Crippen LogP contribution in [0.5, 0.6) is 11.5 Å². The second-order valence-corrected chi connectivity index (χ2v) is 11.0. The van der Waals surface area contributed by atoms with Gasteiger partial charge in [-0.1, -0.05) is 12.1 Å². The number of ether oxygens (including phenoxy) is 3. The Morgan fingerprint density at radius 2 is 1.70 bits per heavy atom. The van der Waals surface area contributed by atoms with E-state index in [9.17, 15) is 27.6 Å². The van der Waals surface area contributed by atoms with Crippen molar-refractivity contribution in [3.63, 3.8) is 0 Å². The van der Waals surface area contributed by atoms with Gasteiger partial charge >= 0.3 is 5.97 Å². The van der Waals surface area contributed by atoms with E-state index in [4.69, 9.17) is 14.2 Å². The van der Waals surface area contributed by atoms with Gasteiger partial charge in [-0.05, 0) is 30.7 Å². The third-order valence-electron chi connectivity index (χ3n) is 6.47. The average molecular weight is 531 g/mol. The molecule has 2 heterocycles. The number of likely N-dealkylation sites (N-methyl/N-ethyl adjacent to an activating group) is 1. The molecule has 0 N–H and O–H groups in total. The first kappa shape index (κ1) is 26.1. The third kappa shape index (κ3) is 5.15. The Morgan fingerprint density at radius 3 is 2.24 bits per heavy atom. The molecule has 1 fully saturated rings. The summed E-state index contributed by atoms with van der Waals surface area (Å²) in [5, 5.41) is 0. The number of sulfone groups is 1. The minimum atomic E-state index is -3.18. The summed E-state index contributed by atoms with van der Waals surface area (Å²) < 4.78 is 39.4. The van der Waals surface area contributed by atoms with Gasteiger partial charge in [-0.25, -0.2) is 13.2 Å². The summed E-state index contributed by atoms with van der Waals surface area (Å²) in [4.78, 5) is 53.3. The monoisotopic (exact) mass is 530 g/mol. The Hall–Kier alpha value is -3.93. The molecule has 196 valence electrons. The molecule has 2 aliphatic rings. The number of hydrogen-bond acceptors (Lipinski definition) is 9. The van der Waals surface area contributed by atoms with Gasteiger partial charge in [-0.15, -0.1) is 0 Å². The van der Waals surface area contributed by atoms with E-state index in [2.05, 4.69) is 0 Å².